The number of nitrogens with two attached hydrogens (primary N) is 1. The third kappa shape index (κ3) is 5.40. The molecule has 0 amide bonds. The molecular formula is C30H34ClF5N6O3. The molecule has 6 heterocycles. The average molecular weight is 657 g/mol. The zero-order valence-electron chi connectivity index (χ0n) is 24.6. The molecule has 4 fully saturated rings. The molecule has 0 radical (unpaired) electrons. The van der Waals surface area contributed by atoms with Gasteiger partial charge in [-0.25, -0.2) is 13.8 Å². The second-order valence-electron chi connectivity index (χ2n) is 13.2. The van der Waals surface area contributed by atoms with Gasteiger partial charge in [0.25, 0.3) is 0 Å². The van der Waals surface area contributed by atoms with E-state index in [1.54, 1.807) is 6.92 Å². The van der Waals surface area contributed by atoms with E-state index < -0.39 is 63.3 Å². The minimum absolute atomic E-state index is 0.0741. The van der Waals surface area contributed by atoms with E-state index in [0.717, 1.165) is 31.5 Å². The van der Waals surface area contributed by atoms with Crippen LogP contribution in [0.5, 0.6) is 0 Å². The number of hydrogen-bond acceptors (Lipinski definition) is 9. The zero-order chi connectivity index (χ0) is 31.9. The molecule has 15 heteroatoms. The van der Waals surface area contributed by atoms with Gasteiger partial charge in [0.05, 0.1) is 34.0 Å². The predicted molar refractivity (Wildman–Crippen MR) is 158 cm³/mol. The second-order valence-corrected chi connectivity index (χ2v) is 13.6. The van der Waals surface area contributed by atoms with Crippen molar-refractivity contribution >= 4 is 34.9 Å². The number of benzene rings is 1. The Bertz CT molecular complexity index is 1530. The fraction of sp³-hybridized carbons (Fsp3) is 0.633. The van der Waals surface area contributed by atoms with Crippen LogP contribution >= 0.6 is 11.6 Å². The Morgan fingerprint density at radius 2 is 2.00 bits per heavy atom. The van der Waals surface area contributed by atoms with Crippen LogP contribution in [0.2, 0.25) is 5.02 Å². The van der Waals surface area contributed by atoms with Crippen molar-refractivity contribution in [1.29, 1.82) is 0 Å². The van der Waals surface area contributed by atoms with Crippen LogP contribution in [-0.4, -0.2) is 94.9 Å². The second kappa shape index (κ2) is 10.9. The highest BCUT2D eigenvalue weighted by Crippen LogP contribution is 2.45. The Morgan fingerprint density at radius 1 is 1.20 bits per heavy atom. The summed E-state index contributed by atoms with van der Waals surface area (Å²) in [5.41, 5.74) is 1.53. The van der Waals surface area contributed by atoms with Crippen LogP contribution in [0.1, 0.15) is 56.6 Å². The average Bonchev–Trinajstić information content (AvgIpc) is 3.46. The molecule has 7 rings (SSSR count). The van der Waals surface area contributed by atoms with Crippen molar-refractivity contribution in [3.63, 3.8) is 0 Å². The molecule has 9 nitrogen and oxygen atoms in total. The van der Waals surface area contributed by atoms with Gasteiger partial charge in [-0.05, 0) is 57.7 Å². The van der Waals surface area contributed by atoms with E-state index >= 15 is 4.39 Å². The van der Waals surface area contributed by atoms with Crippen molar-refractivity contribution in [3.05, 3.63) is 39.8 Å². The summed E-state index contributed by atoms with van der Waals surface area (Å²) in [6.45, 7) is 3.43. The molecule has 0 bridgehead atoms. The number of fused-ring (bicyclic) bond motifs is 3. The number of dihydropyridines is 1. The van der Waals surface area contributed by atoms with E-state index in [4.69, 9.17) is 31.8 Å². The highest BCUT2D eigenvalue weighted by molar-refractivity contribution is 6.32. The van der Waals surface area contributed by atoms with Gasteiger partial charge in [-0.2, -0.15) is 23.2 Å². The van der Waals surface area contributed by atoms with Crippen LogP contribution in [0.4, 0.5) is 27.6 Å². The van der Waals surface area contributed by atoms with Gasteiger partial charge in [0.2, 0.25) is 0 Å². The van der Waals surface area contributed by atoms with Crippen molar-refractivity contribution in [1.82, 2.24) is 9.80 Å². The summed E-state index contributed by atoms with van der Waals surface area (Å²) in [4.78, 5) is 17.6. The number of piperidine rings is 1. The minimum Gasteiger partial charge on any atom is -0.461 e. The van der Waals surface area contributed by atoms with E-state index in [9.17, 15) is 22.7 Å². The van der Waals surface area contributed by atoms with Crippen molar-refractivity contribution in [2.45, 2.75) is 81.2 Å². The quantitative estimate of drug-likeness (QED) is 0.355. The maximum absolute atomic E-state index is 16.7. The van der Waals surface area contributed by atoms with Crippen molar-refractivity contribution in [3.8, 4) is 0 Å². The molecule has 0 spiro atoms. The summed E-state index contributed by atoms with van der Waals surface area (Å²) in [5, 5.41) is 10.2. The van der Waals surface area contributed by atoms with Crippen LogP contribution < -0.4 is 5.73 Å². The Hall–Kier alpha value is -2.81. The van der Waals surface area contributed by atoms with Crippen molar-refractivity contribution in [2.24, 2.45) is 20.9 Å². The van der Waals surface area contributed by atoms with Crippen LogP contribution in [0.3, 0.4) is 0 Å². The van der Waals surface area contributed by atoms with E-state index in [1.807, 2.05) is 4.90 Å². The Morgan fingerprint density at radius 3 is 2.78 bits per heavy atom. The van der Waals surface area contributed by atoms with Gasteiger partial charge < -0.3 is 25.2 Å². The molecule has 0 saturated carbocycles. The summed E-state index contributed by atoms with van der Waals surface area (Å²) in [6, 6.07) is 1.56. The molecule has 3 unspecified atom stereocenters. The standard InChI is InChI=1S/C30H34ClF5N6O3/c1-28(43)5-7-42-17(12-28)3-8-44-26-20-24(22(33)23(38-26)18-9-16(37)10-19(31)21(18)30(34,35)36)39-27(40-25(20)42)45-14-29-4-2-6-41(29)13-15(32)11-29/h9-10,15,17,20,26,43H,2-8,11-14,37H2,1H3/t15-,17+,20?,26?,28?,29+/m1/s1. The number of alkyl halides is 4. The highest BCUT2D eigenvalue weighted by Gasteiger charge is 2.51. The molecule has 6 atom stereocenters. The van der Waals surface area contributed by atoms with Crippen molar-refractivity contribution < 1.29 is 36.5 Å². The molecular weight excluding hydrogens is 623 g/mol. The lowest BCUT2D eigenvalue weighted by Gasteiger charge is -2.48. The summed E-state index contributed by atoms with van der Waals surface area (Å²) >= 11 is 6.01. The third-order valence-electron chi connectivity index (χ3n) is 9.90. The van der Waals surface area contributed by atoms with E-state index in [2.05, 4.69) is 14.9 Å². The largest absolute Gasteiger partial charge is 0.461 e. The molecule has 1 aromatic carbocycles. The highest BCUT2D eigenvalue weighted by atomic mass is 35.5. The van der Waals surface area contributed by atoms with E-state index in [1.165, 1.54) is 0 Å². The fourth-order valence-corrected chi connectivity index (χ4v) is 8.18. The number of allylic oxidation sites excluding steroid dienone is 1. The zero-order valence-corrected chi connectivity index (χ0v) is 25.3. The van der Waals surface area contributed by atoms with Gasteiger partial charge in [0.15, 0.2) is 12.1 Å². The minimum atomic E-state index is -4.94. The molecule has 0 aliphatic carbocycles. The van der Waals surface area contributed by atoms with Gasteiger partial charge in [-0.3, -0.25) is 4.90 Å². The molecule has 244 valence electrons. The van der Waals surface area contributed by atoms with Gasteiger partial charge in [-0.15, -0.1) is 0 Å². The number of amidine groups is 2. The number of anilines is 1. The Balaban J connectivity index is 1.33. The van der Waals surface area contributed by atoms with Crippen LogP contribution in [-0.2, 0) is 15.7 Å². The molecule has 0 aromatic heterocycles. The molecule has 6 aliphatic heterocycles. The first-order valence-corrected chi connectivity index (χ1v) is 15.6. The first-order chi connectivity index (χ1) is 21.2. The topological polar surface area (TPSA) is 108 Å². The molecule has 6 aliphatic rings. The summed E-state index contributed by atoms with van der Waals surface area (Å²) < 4.78 is 86.1. The van der Waals surface area contributed by atoms with Crippen LogP contribution in [0.15, 0.2) is 38.6 Å². The predicted octanol–water partition coefficient (Wildman–Crippen LogP) is 4.86. The SMILES string of the molecule is CC1(O)CCN2C3=NC(OC[C@@]45CCCN4C[C@H](F)C5)=NC4=C(F)C(c5cc(N)cc(Cl)c5C(F)(F)F)=NC(OCC[C@H]2C1)C34. The lowest BCUT2D eigenvalue weighted by molar-refractivity contribution is -0.137. The fourth-order valence-electron chi connectivity index (χ4n) is 7.84. The number of halogens is 6. The van der Waals surface area contributed by atoms with Gasteiger partial charge in [0.1, 0.15) is 30.2 Å². The third-order valence-corrected chi connectivity index (χ3v) is 10.2. The monoisotopic (exact) mass is 656 g/mol. The summed E-state index contributed by atoms with van der Waals surface area (Å²) in [7, 11) is 0. The lowest BCUT2D eigenvalue weighted by atomic mass is 9.84. The summed E-state index contributed by atoms with van der Waals surface area (Å²) in [5.74, 6) is -1.73. The van der Waals surface area contributed by atoms with Crippen LogP contribution in [0.25, 0.3) is 0 Å². The van der Waals surface area contributed by atoms with Gasteiger partial charge in [-0.1, -0.05) is 11.6 Å². The number of aliphatic imine (C=N–C) groups is 3. The number of rotatable bonds is 3. The smallest absolute Gasteiger partial charge is 0.418 e. The number of aliphatic hydroxyl groups is 1. The number of hydrogen-bond donors (Lipinski definition) is 2. The number of nitrogen functional groups attached to an aromatic ring is 1. The molecule has 45 heavy (non-hydrogen) atoms. The van der Waals surface area contributed by atoms with Crippen LogP contribution in [0, 0.1) is 5.92 Å². The summed E-state index contributed by atoms with van der Waals surface area (Å²) in [6.07, 6.45) is -3.90. The van der Waals surface area contributed by atoms with Gasteiger partial charge in [0, 0.05) is 36.8 Å². The first-order valence-electron chi connectivity index (χ1n) is 15.2. The molecule has 4 saturated heterocycles. The maximum atomic E-state index is 16.7. The Kier molecular flexibility index (Phi) is 7.45. The number of ether oxygens (including phenoxy) is 2. The maximum Gasteiger partial charge on any atom is 0.418 e. The normalized spacial score (nSPS) is 35.1. The van der Waals surface area contributed by atoms with E-state index in [-0.39, 0.29) is 36.7 Å². The Labute approximate surface area is 261 Å². The van der Waals surface area contributed by atoms with E-state index in [0.29, 0.717) is 44.6 Å². The molecule has 1 aromatic rings. The lowest BCUT2D eigenvalue weighted by Crippen LogP contribution is -2.57. The van der Waals surface area contributed by atoms with Crippen molar-refractivity contribution in [2.75, 3.05) is 38.6 Å². The van der Waals surface area contributed by atoms with Gasteiger partial charge >= 0.3 is 12.2 Å². The first kappa shape index (κ1) is 30.8. The molecule has 3 N–H and O–H groups in total. The number of nitrogens with zero attached hydrogens (tertiary/aromatic N) is 5.